The molecule has 7 rings (SSSR count). The molecule has 216 valence electrons. The molecule has 5 heterocycles. The van der Waals surface area contributed by atoms with Crippen molar-refractivity contribution >= 4 is 33.6 Å². The second-order valence-corrected chi connectivity index (χ2v) is 11.7. The van der Waals surface area contributed by atoms with Gasteiger partial charge in [-0.2, -0.15) is 4.98 Å². The van der Waals surface area contributed by atoms with Crippen LogP contribution in [0.15, 0.2) is 41.5 Å². The fraction of sp³-hybridized carbons (Fsp3) is 0.516. The lowest BCUT2D eigenvalue weighted by atomic mass is 9.83. The molecule has 2 saturated heterocycles. The molecule has 4 aromatic rings. The Balaban J connectivity index is 1.38. The SMILES string of the molecule is Cn1cc(-c2ccc3nc(N4CCO[C@H](CO)C4)nc(N4CCOCC4C4CCCCC4)c3c2)c2cc[nH]c2c1=O. The van der Waals surface area contributed by atoms with Crippen molar-refractivity contribution in [3.8, 4) is 11.1 Å². The first-order valence-electron chi connectivity index (χ1n) is 14.9. The molecule has 0 bridgehead atoms. The first-order chi connectivity index (χ1) is 20.1. The topological polar surface area (TPSA) is 109 Å². The van der Waals surface area contributed by atoms with Gasteiger partial charge in [0.1, 0.15) is 11.3 Å². The molecule has 1 saturated carbocycles. The quantitative estimate of drug-likeness (QED) is 0.384. The van der Waals surface area contributed by atoms with Crippen molar-refractivity contribution in [3.05, 3.63) is 47.0 Å². The number of aromatic nitrogens is 4. The molecule has 1 unspecified atom stereocenters. The number of benzene rings is 1. The highest BCUT2D eigenvalue weighted by Gasteiger charge is 2.34. The number of anilines is 2. The van der Waals surface area contributed by atoms with E-state index in [-0.39, 0.29) is 24.3 Å². The molecule has 10 nitrogen and oxygen atoms in total. The number of aromatic amines is 1. The van der Waals surface area contributed by atoms with Gasteiger partial charge in [0, 0.05) is 55.4 Å². The monoisotopic (exact) mass is 558 g/mol. The molecule has 10 heteroatoms. The van der Waals surface area contributed by atoms with Gasteiger partial charge in [-0.05, 0) is 42.5 Å². The van der Waals surface area contributed by atoms with E-state index >= 15 is 0 Å². The van der Waals surface area contributed by atoms with Gasteiger partial charge in [-0.1, -0.05) is 25.3 Å². The summed E-state index contributed by atoms with van der Waals surface area (Å²) in [5, 5.41) is 11.7. The van der Waals surface area contributed by atoms with Crippen molar-refractivity contribution in [3.63, 3.8) is 0 Å². The molecular formula is C31H38N6O4. The highest BCUT2D eigenvalue weighted by atomic mass is 16.5. The first kappa shape index (κ1) is 26.4. The molecule has 1 aromatic carbocycles. The number of rotatable bonds is 5. The van der Waals surface area contributed by atoms with Crippen LogP contribution in [0.4, 0.5) is 11.8 Å². The normalized spacial score (nSPS) is 22.6. The fourth-order valence-corrected chi connectivity index (χ4v) is 6.93. The lowest BCUT2D eigenvalue weighted by Crippen LogP contribution is -2.51. The molecule has 41 heavy (non-hydrogen) atoms. The van der Waals surface area contributed by atoms with Gasteiger partial charge in [-0.3, -0.25) is 4.79 Å². The van der Waals surface area contributed by atoms with Gasteiger partial charge in [-0.15, -0.1) is 0 Å². The summed E-state index contributed by atoms with van der Waals surface area (Å²) in [5.74, 6) is 2.19. The number of morpholine rings is 2. The van der Waals surface area contributed by atoms with Crippen LogP contribution in [0.5, 0.6) is 0 Å². The fourth-order valence-electron chi connectivity index (χ4n) is 6.93. The number of aliphatic hydroxyl groups is 1. The summed E-state index contributed by atoms with van der Waals surface area (Å²) in [6, 6.07) is 8.58. The van der Waals surface area contributed by atoms with E-state index in [1.165, 1.54) is 32.1 Å². The van der Waals surface area contributed by atoms with E-state index in [0.717, 1.165) is 39.8 Å². The van der Waals surface area contributed by atoms with Gasteiger partial charge in [0.05, 0.1) is 44.1 Å². The zero-order chi connectivity index (χ0) is 27.9. The molecule has 2 N–H and O–H groups in total. The van der Waals surface area contributed by atoms with Crippen LogP contribution in [-0.4, -0.2) is 82.8 Å². The van der Waals surface area contributed by atoms with Crippen molar-refractivity contribution < 1.29 is 14.6 Å². The Morgan fingerprint density at radius 1 is 1.07 bits per heavy atom. The Morgan fingerprint density at radius 2 is 1.95 bits per heavy atom. The number of nitrogens with zero attached hydrogens (tertiary/aromatic N) is 5. The minimum absolute atomic E-state index is 0.0271. The Hall–Kier alpha value is -3.47. The second-order valence-electron chi connectivity index (χ2n) is 11.7. The maximum absolute atomic E-state index is 12.7. The van der Waals surface area contributed by atoms with Crippen LogP contribution in [0.25, 0.3) is 32.9 Å². The van der Waals surface area contributed by atoms with Crippen LogP contribution in [-0.2, 0) is 16.5 Å². The van der Waals surface area contributed by atoms with Crippen LogP contribution in [0, 0.1) is 5.92 Å². The van der Waals surface area contributed by atoms with Crippen molar-refractivity contribution in [2.45, 2.75) is 44.2 Å². The standard InChI is InChI=1S/C31H38N6O4/c1-35-17-25(23-9-10-32-28(23)30(35)39)21-7-8-26-24(15-21)29(34-31(33-26)36-11-14-41-22(16-36)18-38)37-12-13-40-19-27(37)20-5-3-2-4-6-20/h7-10,15,17,20,22,27,32,38H,2-6,11-14,16,18-19H2,1H3/t22-,27?/m0/s1. The minimum Gasteiger partial charge on any atom is -0.394 e. The number of hydrogen-bond acceptors (Lipinski definition) is 8. The average Bonchev–Trinajstić information content (AvgIpc) is 3.53. The summed E-state index contributed by atoms with van der Waals surface area (Å²) < 4.78 is 13.4. The molecule has 2 aliphatic heterocycles. The number of nitrogens with one attached hydrogen (secondary N) is 1. The molecule has 3 aliphatic rings. The third-order valence-corrected chi connectivity index (χ3v) is 9.13. The summed E-state index contributed by atoms with van der Waals surface area (Å²) in [4.78, 5) is 30.8. The lowest BCUT2D eigenvalue weighted by molar-refractivity contribution is 0.00315. The van der Waals surface area contributed by atoms with Crippen molar-refractivity contribution in [2.75, 3.05) is 55.9 Å². The number of fused-ring (bicyclic) bond motifs is 2. The zero-order valence-electron chi connectivity index (χ0n) is 23.6. The Morgan fingerprint density at radius 3 is 2.80 bits per heavy atom. The van der Waals surface area contributed by atoms with Crippen LogP contribution in [0.3, 0.4) is 0 Å². The highest BCUT2D eigenvalue weighted by molar-refractivity contribution is 5.99. The molecule has 1 aliphatic carbocycles. The van der Waals surface area contributed by atoms with E-state index in [1.54, 1.807) is 11.6 Å². The minimum atomic E-state index is -0.249. The Labute approximate surface area is 238 Å². The van der Waals surface area contributed by atoms with Crippen LogP contribution >= 0.6 is 0 Å². The number of hydrogen-bond donors (Lipinski definition) is 2. The van der Waals surface area contributed by atoms with E-state index in [0.29, 0.717) is 50.3 Å². The Kier molecular flexibility index (Phi) is 7.14. The van der Waals surface area contributed by atoms with Crippen molar-refractivity contribution in [2.24, 2.45) is 13.0 Å². The van der Waals surface area contributed by atoms with Crippen molar-refractivity contribution in [1.29, 1.82) is 0 Å². The van der Waals surface area contributed by atoms with E-state index in [4.69, 9.17) is 19.4 Å². The molecule has 0 amide bonds. The maximum Gasteiger partial charge on any atom is 0.274 e. The van der Waals surface area contributed by atoms with Gasteiger partial charge >= 0.3 is 0 Å². The van der Waals surface area contributed by atoms with Gasteiger partial charge in [-0.25, -0.2) is 4.98 Å². The number of H-pyrrole nitrogens is 1. The number of ether oxygens (including phenoxy) is 2. The number of aliphatic hydroxyl groups excluding tert-OH is 1. The molecule has 3 aromatic heterocycles. The third-order valence-electron chi connectivity index (χ3n) is 9.13. The van der Waals surface area contributed by atoms with Gasteiger partial charge in [0.25, 0.3) is 5.56 Å². The molecule has 3 fully saturated rings. The van der Waals surface area contributed by atoms with E-state index in [2.05, 4.69) is 33.0 Å². The zero-order valence-corrected chi connectivity index (χ0v) is 23.6. The molecule has 2 atom stereocenters. The summed E-state index contributed by atoms with van der Waals surface area (Å²) in [6.07, 6.45) is 9.77. The van der Waals surface area contributed by atoms with E-state index in [1.807, 2.05) is 18.5 Å². The summed E-state index contributed by atoms with van der Waals surface area (Å²) in [6.45, 7) is 3.89. The summed E-state index contributed by atoms with van der Waals surface area (Å²) >= 11 is 0. The van der Waals surface area contributed by atoms with E-state index in [9.17, 15) is 9.90 Å². The van der Waals surface area contributed by atoms with Gasteiger partial charge in [0.2, 0.25) is 5.95 Å². The Bertz CT molecular complexity index is 1610. The van der Waals surface area contributed by atoms with Crippen LogP contribution in [0.2, 0.25) is 0 Å². The second kappa shape index (κ2) is 11.1. The molecular weight excluding hydrogens is 520 g/mol. The summed E-state index contributed by atoms with van der Waals surface area (Å²) in [7, 11) is 1.79. The average molecular weight is 559 g/mol. The lowest BCUT2D eigenvalue weighted by Gasteiger charge is -2.43. The van der Waals surface area contributed by atoms with Crippen LogP contribution in [0.1, 0.15) is 32.1 Å². The predicted molar refractivity (Wildman–Crippen MR) is 160 cm³/mol. The number of aryl methyl sites for hydroxylation is 1. The molecule has 0 radical (unpaired) electrons. The highest BCUT2D eigenvalue weighted by Crippen LogP contribution is 2.38. The van der Waals surface area contributed by atoms with Crippen molar-refractivity contribution in [1.82, 2.24) is 19.5 Å². The first-order valence-corrected chi connectivity index (χ1v) is 14.9. The van der Waals surface area contributed by atoms with Crippen LogP contribution < -0.4 is 15.4 Å². The smallest absolute Gasteiger partial charge is 0.274 e. The predicted octanol–water partition coefficient (Wildman–Crippen LogP) is 3.46. The van der Waals surface area contributed by atoms with Gasteiger partial charge in [0.15, 0.2) is 0 Å². The maximum atomic E-state index is 12.7. The number of pyridine rings is 1. The third kappa shape index (κ3) is 4.87. The van der Waals surface area contributed by atoms with E-state index < -0.39 is 0 Å². The molecule has 0 spiro atoms. The van der Waals surface area contributed by atoms with Gasteiger partial charge < -0.3 is 33.9 Å². The summed E-state index contributed by atoms with van der Waals surface area (Å²) in [5.41, 5.74) is 3.45. The largest absolute Gasteiger partial charge is 0.394 e.